The highest BCUT2D eigenvalue weighted by Crippen LogP contribution is 2.48. The average Bonchev–Trinajstić information content (AvgIpc) is 3.05. The average molecular weight is 387 g/mol. The van der Waals surface area contributed by atoms with Crippen molar-refractivity contribution in [3.63, 3.8) is 0 Å². The lowest BCUT2D eigenvalue weighted by atomic mass is 9.61. The van der Waals surface area contributed by atoms with Crippen LogP contribution >= 0.6 is 0 Å². The van der Waals surface area contributed by atoms with E-state index in [0.29, 0.717) is 10.8 Å². The topological polar surface area (TPSA) is 13.1 Å². The maximum Gasteiger partial charge on any atom is 0.0934 e. The Kier molecular flexibility index (Phi) is 9.81. The van der Waals surface area contributed by atoms with Gasteiger partial charge in [0.25, 0.3) is 0 Å². The van der Waals surface area contributed by atoms with Gasteiger partial charge in [-0.2, -0.15) is 0 Å². The molecule has 0 radical (unpaired) electrons. The first-order chi connectivity index (χ1) is 12.9. The van der Waals surface area contributed by atoms with Gasteiger partial charge in [-0.3, -0.25) is 0 Å². The van der Waals surface area contributed by atoms with Gasteiger partial charge in [0.2, 0.25) is 0 Å². The Hall–Kier alpha value is -1.24. The number of furan rings is 1. The minimum absolute atomic E-state index is 0.440. The Morgan fingerprint density at radius 1 is 1.32 bits per heavy atom. The van der Waals surface area contributed by atoms with Gasteiger partial charge >= 0.3 is 0 Å². The second kappa shape index (κ2) is 11.1. The smallest absolute Gasteiger partial charge is 0.0934 e. The van der Waals surface area contributed by atoms with E-state index in [1.807, 2.05) is 12.3 Å². The Morgan fingerprint density at radius 3 is 2.50 bits per heavy atom. The van der Waals surface area contributed by atoms with Crippen molar-refractivity contribution in [1.29, 1.82) is 0 Å². The van der Waals surface area contributed by atoms with Gasteiger partial charge in [-0.25, -0.2) is 0 Å². The van der Waals surface area contributed by atoms with E-state index in [0.717, 1.165) is 24.7 Å². The van der Waals surface area contributed by atoms with Crippen molar-refractivity contribution in [2.24, 2.45) is 22.7 Å². The second-order valence-electron chi connectivity index (χ2n) is 10.8. The van der Waals surface area contributed by atoms with Gasteiger partial charge in [-0.15, -0.1) is 0 Å². The van der Waals surface area contributed by atoms with Crippen LogP contribution in [0.3, 0.4) is 0 Å². The Morgan fingerprint density at radius 2 is 2.00 bits per heavy atom. The predicted molar refractivity (Wildman–Crippen MR) is 125 cm³/mol. The summed E-state index contributed by atoms with van der Waals surface area (Å²) in [5.41, 5.74) is 5.29. The third-order valence-electron chi connectivity index (χ3n) is 6.17. The molecular formula is C27H46O. The SMILES string of the molecule is C/C(=C\CCc1ccoc1)CC(C)C.CC1=CCC[C@H](C)[C@]1(C)CC(C)(C)C. The Bertz CT molecular complexity index is 609. The van der Waals surface area contributed by atoms with E-state index in [9.17, 15) is 0 Å². The zero-order chi connectivity index (χ0) is 21.4. The van der Waals surface area contributed by atoms with Crippen LogP contribution in [0, 0.1) is 22.7 Å². The van der Waals surface area contributed by atoms with E-state index >= 15 is 0 Å². The van der Waals surface area contributed by atoms with Crippen molar-refractivity contribution >= 4 is 0 Å². The molecule has 0 aliphatic heterocycles. The molecule has 1 aromatic rings. The standard InChI is InChI=1S/C14H26.C13H20O/c1-11-8-7-9-12(2)14(11,6)10-13(3,4)5;1-11(2)9-12(3)5-4-6-13-7-8-14-10-13/h8,12H,7,9-10H2,1-6H3;5,7-8,10-11H,4,6,9H2,1-3H3/b;12-5+/t12-,14+;/m0./s1. The van der Waals surface area contributed by atoms with Crippen molar-refractivity contribution in [3.8, 4) is 0 Å². The van der Waals surface area contributed by atoms with Gasteiger partial charge in [0, 0.05) is 0 Å². The third-order valence-corrected chi connectivity index (χ3v) is 6.17. The molecule has 0 saturated carbocycles. The molecule has 1 heterocycles. The second-order valence-corrected chi connectivity index (χ2v) is 10.8. The van der Waals surface area contributed by atoms with Crippen LogP contribution in [0.15, 0.2) is 46.3 Å². The summed E-state index contributed by atoms with van der Waals surface area (Å²) >= 11 is 0. The van der Waals surface area contributed by atoms with Crippen LogP contribution in [0.1, 0.15) is 100.0 Å². The number of allylic oxidation sites excluding steroid dienone is 4. The van der Waals surface area contributed by atoms with Crippen molar-refractivity contribution in [2.75, 3.05) is 0 Å². The lowest BCUT2D eigenvalue weighted by Gasteiger charge is -2.44. The fourth-order valence-electron chi connectivity index (χ4n) is 4.55. The highest BCUT2D eigenvalue weighted by Gasteiger charge is 2.37. The van der Waals surface area contributed by atoms with Crippen LogP contribution in [0.25, 0.3) is 0 Å². The van der Waals surface area contributed by atoms with E-state index < -0.39 is 0 Å². The molecule has 1 nitrogen and oxygen atoms in total. The van der Waals surface area contributed by atoms with E-state index in [1.165, 1.54) is 36.8 Å². The molecule has 0 spiro atoms. The predicted octanol–water partition coefficient (Wildman–Crippen LogP) is 9.01. The third kappa shape index (κ3) is 8.84. The normalized spacial score (nSPS) is 23.3. The monoisotopic (exact) mass is 386 g/mol. The first-order valence-electron chi connectivity index (χ1n) is 11.3. The molecule has 0 unspecified atom stereocenters. The van der Waals surface area contributed by atoms with E-state index in [-0.39, 0.29) is 0 Å². The maximum absolute atomic E-state index is 5.02. The molecule has 2 rings (SSSR count). The minimum atomic E-state index is 0.440. The molecule has 28 heavy (non-hydrogen) atoms. The van der Waals surface area contributed by atoms with Gasteiger partial charge in [0.1, 0.15) is 0 Å². The van der Waals surface area contributed by atoms with Crippen molar-refractivity contribution in [2.45, 2.75) is 101 Å². The molecule has 160 valence electrons. The summed E-state index contributed by atoms with van der Waals surface area (Å²) in [6, 6.07) is 2.03. The Balaban J connectivity index is 0.000000280. The van der Waals surface area contributed by atoms with E-state index in [2.05, 4.69) is 74.5 Å². The zero-order valence-electron chi connectivity index (χ0n) is 20.2. The van der Waals surface area contributed by atoms with Crippen LogP contribution in [-0.2, 0) is 6.42 Å². The molecule has 1 heteroatoms. The summed E-state index contributed by atoms with van der Waals surface area (Å²) in [4.78, 5) is 0. The fourth-order valence-corrected chi connectivity index (χ4v) is 4.55. The van der Waals surface area contributed by atoms with E-state index in [4.69, 9.17) is 4.42 Å². The molecule has 1 aliphatic carbocycles. The molecule has 0 bridgehead atoms. The number of hydrogen-bond acceptors (Lipinski definition) is 1. The summed E-state index contributed by atoms with van der Waals surface area (Å²) in [7, 11) is 0. The molecule has 0 fully saturated rings. The summed E-state index contributed by atoms with van der Waals surface area (Å²) in [5, 5.41) is 0. The Labute approximate surface area is 175 Å². The quantitative estimate of drug-likeness (QED) is 0.444. The first-order valence-corrected chi connectivity index (χ1v) is 11.3. The van der Waals surface area contributed by atoms with Gasteiger partial charge in [-0.1, -0.05) is 71.8 Å². The number of aryl methyl sites for hydroxylation is 1. The lowest BCUT2D eigenvalue weighted by Crippen LogP contribution is -2.33. The minimum Gasteiger partial charge on any atom is -0.472 e. The van der Waals surface area contributed by atoms with Crippen LogP contribution in [0.5, 0.6) is 0 Å². The van der Waals surface area contributed by atoms with Gasteiger partial charge in [0.15, 0.2) is 0 Å². The summed E-state index contributed by atoms with van der Waals surface area (Å²) in [6.45, 7) is 21.0. The first kappa shape index (κ1) is 24.8. The van der Waals surface area contributed by atoms with Crippen LogP contribution in [-0.4, -0.2) is 0 Å². The van der Waals surface area contributed by atoms with Crippen molar-refractivity contribution in [1.82, 2.24) is 0 Å². The lowest BCUT2D eigenvalue weighted by molar-refractivity contribution is 0.144. The fraction of sp³-hybridized carbons (Fsp3) is 0.704. The molecule has 1 aromatic heterocycles. The van der Waals surface area contributed by atoms with Crippen molar-refractivity contribution < 1.29 is 4.42 Å². The zero-order valence-corrected chi connectivity index (χ0v) is 20.2. The van der Waals surface area contributed by atoms with Crippen LogP contribution in [0.2, 0.25) is 0 Å². The largest absolute Gasteiger partial charge is 0.472 e. The van der Waals surface area contributed by atoms with E-state index in [1.54, 1.807) is 11.8 Å². The highest BCUT2D eigenvalue weighted by atomic mass is 16.3. The van der Waals surface area contributed by atoms with Gasteiger partial charge in [0.05, 0.1) is 12.5 Å². The molecule has 2 atom stereocenters. The number of rotatable bonds is 6. The number of hydrogen-bond donors (Lipinski definition) is 0. The van der Waals surface area contributed by atoms with Crippen LogP contribution < -0.4 is 0 Å². The maximum atomic E-state index is 5.02. The summed E-state index contributed by atoms with van der Waals surface area (Å²) in [6.07, 6.45) is 15.7. The molecule has 0 saturated heterocycles. The molecule has 1 aliphatic rings. The van der Waals surface area contributed by atoms with Gasteiger partial charge in [-0.05, 0) is 86.7 Å². The highest BCUT2D eigenvalue weighted by molar-refractivity contribution is 5.16. The molecule has 0 aromatic carbocycles. The van der Waals surface area contributed by atoms with Crippen LogP contribution in [0.4, 0.5) is 0 Å². The van der Waals surface area contributed by atoms with Gasteiger partial charge < -0.3 is 4.42 Å². The summed E-state index contributed by atoms with van der Waals surface area (Å²) in [5.74, 6) is 1.60. The molecular weight excluding hydrogens is 340 g/mol. The van der Waals surface area contributed by atoms with Crippen molar-refractivity contribution in [3.05, 3.63) is 47.5 Å². The molecule has 0 N–H and O–H groups in total. The molecule has 0 amide bonds. The summed E-state index contributed by atoms with van der Waals surface area (Å²) < 4.78 is 5.02.